The number of nitrogens with zero attached hydrogens (tertiary/aromatic N) is 7. The van der Waals surface area contributed by atoms with Crippen LogP contribution >= 0.6 is 0 Å². The van der Waals surface area contributed by atoms with Gasteiger partial charge in [-0.15, -0.1) is 0 Å². The average Bonchev–Trinajstić information content (AvgIpc) is 2.91. The minimum absolute atomic E-state index is 0.468. The Labute approximate surface area is 150 Å². The predicted octanol–water partition coefficient (Wildman–Crippen LogP) is 1.69. The first-order chi connectivity index (χ1) is 11.9. The minimum Gasteiger partial charge on any atom is -0.363 e. The molecule has 0 bridgehead atoms. The van der Waals surface area contributed by atoms with E-state index in [9.17, 15) is 0 Å². The number of hydrogen-bond acceptors (Lipinski definition) is 6. The van der Waals surface area contributed by atoms with Gasteiger partial charge in [0.2, 0.25) is 0 Å². The molecule has 1 aliphatic heterocycles. The van der Waals surface area contributed by atoms with E-state index in [0.717, 1.165) is 37.0 Å². The highest BCUT2D eigenvalue weighted by atomic mass is 15.3. The van der Waals surface area contributed by atoms with Crippen LogP contribution in [0.4, 0.5) is 11.6 Å². The zero-order valence-corrected chi connectivity index (χ0v) is 16.0. The third kappa shape index (κ3) is 4.10. The van der Waals surface area contributed by atoms with Gasteiger partial charge in [-0.1, -0.05) is 0 Å². The third-order valence-electron chi connectivity index (χ3n) is 5.00. The first-order valence-electron chi connectivity index (χ1n) is 8.87. The van der Waals surface area contributed by atoms with Gasteiger partial charge in [0.15, 0.2) is 0 Å². The molecule has 136 valence electrons. The van der Waals surface area contributed by atoms with Crippen molar-refractivity contribution in [1.82, 2.24) is 24.6 Å². The second kappa shape index (κ2) is 7.39. The van der Waals surface area contributed by atoms with E-state index in [4.69, 9.17) is 0 Å². The standard InChI is InChI=1S/C18H29N7/c1-14-15(10-23(4)21-14)11-25-8-6-7-16(12-25)24(5)18-9-17(22(2)3)19-13-20-18/h9-10,13,16H,6-8,11-12H2,1-5H3. The topological polar surface area (TPSA) is 53.3 Å². The van der Waals surface area contributed by atoms with Crippen molar-refractivity contribution in [3.63, 3.8) is 0 Å². The van der Waals surface area contributed by atoms with Crippen LogP contribution in [0.2, 0.25) is 0 Å². The molecule has 1 unspecified atom stereocenters. The van der Waals surface area contributed by atoms with Gasteiger partial charge in [0.25, 0.3) is 0 Å². The molecule has 7 nitrogen and oxygen atoms in total. The molecule has 1 saturated heterocycles. The summed E-state index contributed by atoms with van der Waals surface area (Å²) in [5.74, 6) is 1.93. The van der Waals surface area contributed by atoms with Crippen LogP contribution in [0.3, 0.4) is 0 Å². The maximum atomic E-state index is 4.48. The maximum absolute atomic E-state index is 4.48. The molecular formula is C18H29N7. The summed E-state index contributed by atoms with van der Waals surface area (Å²) in [4.78, 5) is 15.6. The molecule has 0 amide bonds. The monoisotopic (exact) mass is 343 g/mol. The number of rotatable bonds is 5. The molecule has 7 heteroatoms. The molecule has 3 rings (SSSR count). The SMILES string of the molecule is Cc1nn(C)cc1CN1CCCC(N(C)c2cc(N(C)C)ncn2)C1. The number of aromatic nitrogens is 4. The van der Waals surface area contributed by atoms with Crippen LogP contribution in [0, 0.1) is 6.92 Å². The Morgan fingerprint density at radius 1 is 1.20 bits per heavy atom. The second-order valence-electron chi connectivity index (χ2n) is 7.18. The predicted molar refractivity (Wildman–Crippen MR) is 101 cm³/mol. The normalized spacial score (nSPS) is 18.4. The number of likely N-dealkylation sites (N-methyl/N-ethyl adjacent to an activating group) is 1. The molecule has 1 aliphatic rings. The Morgan fingerprint density at radius 3 is 2.64 bits per heavy atom. The van der Waals surface area contributed by atoms with E-state index in [-0.39, 0.29) is 0 Å². The summed E-state index contributed by atoms with van der Waals surface area (Å²) in [5.41, 5.74) is 2.45. The van der Waals surface area contributed by atoms with Gasteiger partial charge in [-0.05, 0) is 26.3 Å². The van der Waals surface area contributed by atoms with Crippen molar-refractivity contribution in [3.8, 4) is 0 Å². The summed E-state index contributed by atoms with van der Waals surface area (Å²) in [7, 11) is 8.14. The Morgan fingerprint density at radius 2 is 1.96 bits per heavy atom. The molecule has 2 aromatic rings. The van der Waals surface area contributed by atoms with E-state index in [2.05, 4.69) is 51.1 Å². The van der Waals surface area contributed by atoms with Gasteiger partial charge in [0.1, 0.15) is 18.0 Å². The van der Waals surface area contributed by atoms with Gasteiger partial charge in [0.05, 0.1) is 5.69 Å². The van der Waals surface area contributed by atoms with Crippen LogP contribution in [0.5, 0.6) is 0 Å². The number of hydrogen-bond donors (Lipinski definition) is 0. The quantitative estimate of drug-likeness (QED) is 0.823. The molecule has 0 radical (unpaired) electrons. The van der Waals surface area contributed by atoms with Crippen molar-refractivity contribution in [1.29, 1.82) is 0 Å². The Bertz CT molecular complexity index is 709. The summed E-state index contributed by atoms with van der Waals surface area (Å²) in [6.07, 6.45) is 6.19. The summed E-state index contributed by atoms with van der Waals surface area (Å²) in [6.45, 7) is 5.25. The Kier molecular flexibility index (Phi) is 5.22. The van der Waals surface area contributed by atoms with Crippen LogP contribution in [-0.2, 0) is 13.6 Å². The van der Waals surface area contributed by atoms with Crippen LogP contribution in [-0.4, -0.2) is 64.9 Å². The Hall–Kier alpha value is -2.15. The van der Waals surface area contributed by atoms with E-state index >= 15 is 0 Å². The zero-order valence-electron chi connectivity index (χ0n) is 16.0. The highest BCUT2D eigenvalue weighted by Gasteiger charge is 2.25. The fourth-order valence-electron chi connectivity index (χ4n) is 3.50. The fourth-order valence-corrected chi connectivity index (χ4v) is 3.50. The van der Waals surface area contributed by atoms with Gasteiger partial charge < -0.3 is 9.80 Å². The molecule has 0 N–H and O–H groups in total. The maximum Gasteiger partial charge on any atom is 0.134 e. The molecular weight excluding hydrogens is 314 g/mol. The molecule has 1 atom stereocenters. The molecule has 3 heterocycles. The molecule has 0 spiro atoms. The zero-order chi connectivity index (χ0) is 18.0. The molecule has 0 aliphatic carbocycles. The van der Waals surface area contributed by atoms with Gasteiger partial charge in [0, 0.05) is 65.1 Å². The van der Waals surface area contributed by atoms with Gasteiger partial charge >= 0.3 is 0 Å². The van der Waals surface area contributed by atoms with Crippen molar-refractivity contribution >= 4 is 11.6 Å². The van der Waals surface area contributed by atoms with Crippen LogP contribution in [0.15, 0.2) is 18.6 Å². The lowest BCUT2D eigenvalue weighted by Crippen LogP contribution is -2.46. The highest BCUT2D eigenvalue weighted by molar-refractivity contribution is 5.49. The van der Waals surface area contributed by atoms with Crippen molar-refractivity contribution in [3.05, 3.63) is 29.8 Å². The Balaban J connectivity index is 1.68. The lowest BCUT2D eigenvalue weighted by atomic mass is 10.0. The van der Waals surface area contributed by atoms with E-state index in [0.29, 0.717) is 6.04 Å². The first kappa shape index (κ1) is 17.7. The first-order valence-corrected chi connectivity index (χ1v) is 8.87. The number of aryl methyl sites for hydroxylation is 2. The summed E-state index contributed by atoms with van der Waals surface area (Å²) in [6, 6.07) is 2.53. The molecule has 0 aromatic carbocycles. The van der Waals surface area contributed by atoms with E-state index < -0.39 is 0 Å². The number of anilines is 2. The summed E-state index contributed by atoms with van der Waals surface area (Å²) >= 11 is 0. The average molecular weight is 343 g/mol. The lowest BCUT2D eigenvalue weighted by Gasteiger charge is -2.38. The number of likely N-dealkylation sites (tertiary alicyclic amines) is 1. The second-order valence-corrected chi connectivity index (χ2v) is 7.18. The van der Waals surface area contributed by atoms with Crippen LogP contribution in [0.1, 0.15) is 24.1 Å². The van der Waals surface area contributed by atoms with Crippen molar-refractivity contribution in [2.24, 2.45) is 7.05 Å². The molecule has 25 heavy (non-hydrogen) atoms. The smallest absolute Gasteiger partial charge is 0.134 e. The highest BCUT2D eigenvalue weighted by Crippen LogP contribution is 2.23. The fraction of sp³-hybridized carbons (Fsp3) is 0.611. The van der Waals surface area contributed by atoms with Crippen LogP contribution in [0.25, 0.3) is 0 Å². The summed E-state index contributed by atoms with van der Waals surface area (Å²) < 4.78 is 1.90. The van der Waals surface area contributed by atoms with E-state index in [1.165, 1.54) is 18.4 Å². The molecule has 1 fully saturated rings. The van der Waals surface area contributed by atoms with Crippen LogP contribution < -0.4 is 9.80 Å². The lowest BCUT2D eigenvalue weighted by molar-refractivity contribution is 0.198. The molecule has 0 saturated carbocycles. The van der Waals surface area contributed by atoms with Gasteiger partial charge in [-0.3, -0.25) is 9.58 Å². The molecule has 2 aromatic heterocycles. The van der Waals surface area contributed by atoms with Crippen molar-refractivity contribution < 1.29 is 0 Å². The van der Waals surface area contributed by atoms with Crippen molar-refractivity contribution in [2.45, 2.75) is 32.4 Å². The van der Waals surface area contributed by atoms with Crippen molar-refractivity contribution in [2.75, 3.05) is 44.0 Å². The van der Waals surface area contributed by atoms with Gasteiger partial charge in [-0.25, -0.2) is 9.97 Å². The van der Waals surface area contributed by atoms with Gasteiger partial charge in [-0.2, -0.15) is 5.10 Å². The number of piperidine rings is 1. The summed E-state index contributed by atoms with van der Waals surface area (Å²) in [5, 5.41) is 4.46. The van der Waals surface area contributed by atoms with E-state index in [1.54, 1.807) is 6.33 Å². The minimum atomic E-state index is 0.468. The largest absolute Gasteiger partial charge is 0.363 e. The van der Waals surface area contributed by atoms with E-state index in [1.807, 2.05) is 30.7 Å². The third-order valence-corrected chi connectivity index (χ3v) is 5.00.